The van der Waals surface area contributed by atoms with E-state index < -0.39 is 5.41 Å². The molecule has 148 valence electrons. The minimum atomic E-state index is -0.430. The number of hydrogen-bond acceptors (Lipinski definition) is 6. The van der Waals surface area contributed by atoms with E-state index in [0.717, 1.165) is 18.5 Å². The van der Waals surface area contributed by atoms with Crippen LogP contribution in [0.2, 0.25) is 0 Å². The molecular formula is C19H27ClN4O3. The third-order valence-corrected chi connectivity index (χ3v) is 4.93. The van der Waals surface area contributed by atoms with Gasteiger partial charge in [0.2, 0.25) is 11.8 Å². The topological polar surface area (TPSA) is 89.3 Å². The fraction of sp³-hybridized carbons (Fsp3) is 0.526. The van der Waals surface area contributed by atoms with Crippen LogP contribution in [0.15, 0.2) is 34.9 Å². The highest BCUT2D eigenvalue weighted by Crippen LogP contribution is 2.30. The maximum Gasteiger partial charge on any atom is 0.231 e. The van der Waals surface area contributed by atoms with Gasteiger partial charge in [-0.25, -0.2) is 0 Å². The first-order valence-corrected chi connectivity index (χ1v) is 9.00. The molecule has 1 fully saturated rings. The smallest absolute Gasteiger partial charge is 0.231 e. The summed E-state index contributed by atoms with van der Waals surface area (Å²) in [7, 11) is 1.66. The van der Waals surface area contributed by atoms with Crippen LogP contribution in [0.25, 0.3) is 0 Å². The van der Waals surface area contributed by atoms with Crippen molar-refractivity contribution in [2.75, 3.05) is 26.8 Å². The van der Waals surface area contributed by atoms with Crippen molar-refractivity contribution in [3.8, 4) is 0 Å². The molecule has 7 nitrogen and oxygen atoms in total. The number of ether oxygens (including phenoxy) is 1. The van der Waals surface area contributed by atoms with Crippen molar-refractivity contribution in [2.24, 2.45) is 5.41 Å². The maximum atomic E-state index is 12.9. The van der Waals surface area contributed by atoms with Crippen LogP contribution in [0.4, 0.5) is 0 Å². The van der Waals surface area contributed by atoms with E-state index in [9.17, 15) is 4.79 Å². The molecular weight excluding hydrogens is 368 g/mol. The van der Waals surface area contributed by atoms with Gasteiger partial charge in [0.25, 0.3) is 0 Å². The van der Waals surface area contributed by atoms with Crippen LogP contribution in [0.3, 0.4) is 0 Å². The van der Waals surface area contributed by atoms with Gasteiger partial charge >= 0.3 is 0 Å². The van der Waals surface area contributed by atoms with E-state index >= 15 is 0 Å². The van der Waals surface area contributed by atoms with E-state index in [-0.39, 0.29) is 24.4 Å². The van der Waals surface area contributed by atoms with Crippen LogP contribution < -0.4 is 10.6 Å². The summed E-state index contributed by atoms with van der Waals surface area (Å²) >= 11 is 0. The summed E-state index contributed by atoms with van der Waals surface area (Å²) in [4.78, 5) is 17.3. The Hall–Kier alpha value is -1.96. The van der Waals surface area contributed by atoms with Crippen LogP contribution >= 0.6 is 12.4 Å². The van der Waals surface area contributed by atoms with Crippen molar-refractivity contribution in [1.29, 1.82) is 0 Å². The van der Waals surface area contributed by atoms with E-state index in [4.69, 9.17) is 9.26 Å². The molecule has 27 heavy (non-hydrogen) atoms. The number of aromatic nitrogens is 2. The largest absolute Gasteiger partial charge is 0.385 e. The van der Waals surface area contributed by atoms with Gasteiger partial charge in [-0.1, -0.05) is 35.5 Å². The normalized spacial score (nSPS) is 20.1. The Morgan fingerprint density at radius 3 is 2.85 bits per heavy atom. The molecule has 0 spiro atoms. The Morgan fingerprint density at radius 1 is 1.41 bits per heavy atom. The van der Waals surface area contributed by atoms with Crippen LogP contribution in [-0.4, -0.2) is 42.9 Å². The quantitative estimate of drug-likeness (QED) is 0.714. The zero-order chi connectivity index (χ0) is 18.4. The van der Waals surface area contributed by atoms with Gasteiger partial charge in [0.05, 0.1) is 17.9 Å². The second-order valence-electron chi connectivity index (χ2n) is 6.85. The molecule has 1 aliphatic rings. The zero-order valence-corrected chi connectivity index (χ0v) is 16.6. The highest BCUT2D eigenvalue weighted by molar-refractivity contribution is 5.85. The number of hydrogen-bond donors (Lipinski definition) is 2. The van der Waals surface area contributed by atoms with Gasteiger partial charge in [-0.15, -0.1) is 12.4 Å². The van der Waals surface area contributed by atoms with E-state index in [0.29, 0.717) is 37.7 Å². The first kappa shape index (κ1) is 21.3. The minimum absolute atomic E-state index is 0. The van der Waals surface area contributed by atoms with E-state index in [1.165, 1.54) is 0 Å². The fourth-order valence-electron chi connectivity index (χ4n) is 3.26. The van der Waals surface area contributed by atoms with E-state index in [1.54, 1.807) is 7.11 Å². The predicted octanol–water partition coefficient (Wildman–Crippen LogP) is 2.28. The number of methoxy groups -OCH3 is 1. The summed E-state index contributed by atoms with van der Waals surface area (Å²) in [6.45, 7) is 3.95. The molecule has 0 radical (unpaired) electrons. The van der Waals surface area contributed by atoms with Crippen molar-refractivity contribution in [3.63, 3.8) is 0 Å². The Kier molecular flexibility index (Phi) is 7.77. The molecule has 0 aliphatic carbocycles. The van der Waals surface area contributed by atoms with Gasteiger partial charge in [0.15, 0.2) is 5.82 Å². The van der Waals surface area contributed by atoms with Crippen molar-refractivity contribution >= 4 is 18.3 Å². The molecule has 1 aromatic carbocycles. The second kappa shape index (κ2) is 9.82. The third kappa shape index (κ3) is 5.28. The van der Waals surface area contributed by atoms with Gasteiger partial charge in [-0.3, -0.25) is 4.79 Å². The second-order valence-corrected chi connectivity index (χ2v) is 6.85. The lowest BCUT2D eigenvalue weighted by Gasteiger charge is -2.27. The highest BCUT2D eigenvalue weighted by atomic mass is 35.5. The number of halogens is 1. The summed E-state index contributed by atoms with van der Waals surface area (Å²) in [5.74, 6) is 1.06. The number of benzene rings is 1. The molecule has 2 unspecified atom stereocenters. The molecule has 1 saturated heterocycles. The molecule has 2 heterocycles. The molecule has 2 atom stereocenters. The molecule has 0 saturated carbocycles. The summed E-state index contributed by atoms with van der Waals surface area (Å²) in [6, 6.07) is 9.65. The Labute approximate surface area is 165 Å². The van der Waals surface area contributed by atoms with Crippen molar-refractivity contribution < 1.29 is 14.1 Å². The average Bonchev–Trinajstić information content (AvgIpc) is 3.31. The highest BCUT2D eigenvalue weighted by Gasteiger charge is 2.41. The van der Waals surface area contributed by atoms with Crippen LogP contribution in [0.5, 0.6) is 0 Å². The van der Waals surface area contributed by atoms with Crippen molar-refractivity contribution in [3.05, 3.63) is 47.6 Å². The maximum absolute atomic E-state index is 12.9. The van der Waals surface area contributed by atoms with Gasteiger partial charge < -0.3 is 19.9 Å². The SMILES string of the molecule is COCCC1(C(=O)NC(C)c2noc(Cc3ccccc3)n2)CCNC1.Cl. The van der Waals surface area contributed by atoms with Gasteiger partial charge in [0, 0.05) is 20.3 Å². The van der Waals surface area contributed by atoms with Gasteiger partial charge in [-0.2, -0.15) is 4.98 Å². The molecule has 8 heteroatoms. The van der Waals surface area contributed by atoms with Crippen molar-refractivity contribution in [1.82, 2.24) is 20.8 Å². The molecule has 1 amide bonds. The summed E-state index contributed by atoms with van der Waals surface area (Å²) < 4.78 is 10.5. The molecule has 1 aliphatic heterocycles. The van der Waals surface area contributed by atoms with Gasteiger partial charge in [0.1, 0.15) is 0 Å². The number of carbonyl (C=O) groups is 1. The predicted molar refractivity (Wildman–Crippen MR) is 104 cm³/mol. The molecule has 2 aromatic rings. The average molecular weight is 395 g/mol. The number of carbonyl (C=O) groups excluding carboxylic acids is 1. The van der Waals surface area contributed by atoms with Gasteiger partial charge in [-0.05, 0) is 31.9 Å². The summed E-state index contributed by atoms with van der Waals surface area (Å²) in [5, 5.41) is 10.4. The summed E-state index contributed by atoms with van der Waals surface area (Å²) in [6.07, 6.45) is 2.08. The molecule has 0 bridgehead atoms. The Balaban J connectivity index is 0.00000261. The summed E-state index contributed by atoms with van der Waals surface area (Å²) in [5.41, 5.74) is 0.677. The van der Waals surface area contributed by atoms with E-state index in [1.807, 2.05) is 37.3 Å². The minimum Gasteiger partial charge on any atom is -0.385 e. The molecule has 3 rings (SSSR count). The first-order valence-electron chi connectivity index (χ1n) is 9.00. The van der Waals surface area contributed by atoms with Crippen LogP contribution in [0.1, 0.15) is 43.1 Å². The molecule has 1 aromatic heterocycles. The van der Waals surface area contributed by atoms with Crippen molar-refractivity contribution in [2.45, 2.75) is 32.2 Å². The number of amides is 1. The van der Waals surface area contributed by atoms with Crippen LogP contribution in [-0.2, 0) is 16.0 Å². The Morgan fingerprint density at radius 2 is 2.19 bits per heavy atom. The number of nitrogens with zero attached hydrogens (tertiary/aromatic N) is 2. The monoisotopic (exact) mass is 394 g/mol. The Bertz CT molecular complexity index is 717. The zero-order valence-electron chi connectivity index (χ0n) is 15.7. The molecule has 2 N–H and O–H groups in total. The number of nitrogens with one attached hydrogen (secondary N) is 2. The van der Waals surface area contributed by atoms with E-state index in [2.05, 4.69) is 20.8 Å². The number of rotatable bonds is 8. The lowest BCUT2D eigenvalue weighted by molar-refractivity contribution is -0.131. The third-order valence-electron chi connectivity index (χ3n) is 4.93. The standard InChI is InChI=1S/C19H26N4O3.ClH/c1-14(21-18(24)19(9-11-25-2)8-10-20-13-19)17-22-16(26-23-17)12-15-6-4-3-5-7-15;/h3-7,14,20H,8-13H2,1-2H3,(H,21,24);1H. The first-order chi connectivity index (χ1) is 12.6. The van der Waals surface area contributed by atoms with Crippen LogP contribution in [0, 0.1) is 5.41 Å². The lowest BCUT2D eigenvalue weighted by Crippen LogP contribution is -2.44. The lowest BCUT2D eigenvalue weighted by atomic mass is 9.82. The fourth-order valence-corrected chi connectivity index (χ4v) is 3.26.